The molecule has 1 fully saturated rings. The van der Waals surface area contributed by atoms with Gasteiger partial charge in [0.15, 0.2) is 10.8 Å². The van der Waals surface area contributed by atoms with E-state index in [0.717, 1.165) is 10.4 Å². The number of benzene rings is 1. The molecule has 1 aliphatic rings. The van der Waals surface area contributed by atoms with Gasteiger partial charge in [-0.3, -0.25) is 9.59 Å². The van der Waals surface area contributed by atoms with Gasteiger partial charge in [0, 0.05) is 23.9 Å². The summed E-state index contributed by atoms with van der Waals surface area (Å²) in [5.41, 5.74) is 1.30. The molecule has 1 N–H and O–H groups in total. The third-order valence-electron chi connectivity index (χ3n) is 4.88. The normalized spacial score (nSPS) is 19.4. The second kappa shape index (κ2) is 7.00. The van der Waals surface area contributed by atoms with Gasteiger partial charge < -0.3 is 14.4 Å². The molecule has 3 heterocycles. The first kappa shape index (κ1) is 17.5. The number of carbonyl (C=O) groups excluding carboxylic acids is 1. The number of rotatable bonds is 4. The molecule has 1 saturated heterocycles. The summed E-state index contributed by atoms with van der Waals surface area (Å²) in [7, 11) is 0. The van der Waals surface area contributed by atoms with E-state index in [0.29, 0.717) is 23.0 Å². The number of carbonyl (C=O) groups is 2. The highest BCUT2D eigenvalue weighted by Gasteiger charge is 2.41. The number of hydrogen-bond donors (Lipinski definition) is 1. The van der Waals surface area contributed by atoms with E-state index in [1.165, 1.54) is 11.3 Å². The zero-order valence-electron chi connectivity index (χ0n) is 14.7. The van der Waals surface area contributed by atoms with E-state index in [9.17, 15) is 14.7 Å². The Morgan fingerprint density at radius 3 is 2.63 bits per heavy atom. The van der Waals surface area contributed by atoms with Crippen LogP contribution in [0.1, 0.15) is 26.8 Å². The fourth-order valence-electron chi connectivity index (χ4n) is 3.51. The van der Waals surface area contributed by atoms with Gasteiger partial charge in [-0.05, 0) is 24.6 Å². The van der Waals surface area contributed by atoms with Crippen LogP contribution in [0.3, 0.4) is 0 Å². The SMILES string of the molecule is Cc1sc(-c2ccco2)nc1C(=O)N1CC(C(=O)O)C(c2ccccc2)C1. The lowest BCUT2D eigenvalue weighted by molar-refractivity contribution is -0.141. The Balaban J connectivity index is 1.60. The van der Waals surface area contributed by atoms with Crippen LogP contribution in [0.2, 0.25) is 0 Å². The van der Waals surface area contributed by atoms with Gasteiger partial charge in [-0.15, -0.1) is 11.3 Å². The Hall–Kier alpha value is -2.93. The number of carboxylic acid groups (broad SMARTS) is 1. The minimum absolute atomic E-state index is 0.181. The molecule has 0 radical (unpaired) electrons. The molecule has 1 aliphatic heterocycles. The predicted octanol–water partition coefficient (Wildman–Crippen LogP) is 3.65. The lowest BCUT2D eigenvalue weighted by Gasteiger charge is -2.16. The summed E-state index contributed by atoms with van der Waals surface area (Å²) in [6, 6.07) is 13.1. The molecule has 27 heavy (non-hydrogen) atoms. The van der Waals surface area contributed by atoms with Crippen molar-refractivity contribution in [2.75, 3.05) is 13.1 Å². The third-order valence-corrected chi connectivity index (χ3v) is 5.87. The Morgan fingerprint density at radius 2 is 1.96 bits per heavy atom. The van der Waals surface area contributed by atoms with Crippen LogP contribution in [0.5, 0.6) is 0 Å². The number of aliphatic carboxylic acids is 1. The van der Waals surface area contributed by atoms with Crippen LogP contribution in [0.4, 0.5) is 0 Å². The summed E-state index contributed by atoms with van der Waals surface area (Å²) in [5, 5.41) is 10.3. The van der Waals surface area contributed by atoms with Crippen molar-refractivity contribution >= 4 is 23.2 Å². The van der Waals surface area contributed by atoms with Gasteiger partial charge in [0.2, 0.25) is 0 Å². The van der Waals surface area contributed by atoms with E-state index in [1.807, 2.05) is 37.3 Å². The molecule has 3 aromatic rings. The number of aryl methyl sites for hydroxylation is 1. The lowest BCUT2D eigenvalue weighted by Crippen LogP contribution is -2.30. The van der Waals surface area contributed by atoms with Crippen molar-refractivity contribution in [1.82, 2.24) is 9.88 Å². The van der Waals surface area contributed by atoms with Gasteiger partial charge in [0.05, 0.1) is 12.2 Å². The fourth-order valence-corrected chi connectivity index (χ4v) is 4.38. The molecule has 0 bridgehead atoms. The summed E-state index contributed by atoms with van der Waals surface area (Å²) in [4.78, 5) is 31.6. The Morgan fingerprint density at radius 1 is 1.19 bits per heavy atom. The summed E-state index contributed by atoms with van der Waals surface area (Å²) >= 11 is 1.39. The molecule has 2 atom stereocenters. The van der Waals surface area contributed by atoms with Crippen LogP contribution in [-0.2, 0) is 4.79 Å². The molecule has 0 spiro atoms. The summed E-state index contributed by atoms with van der Waals surface area (Å²) in [6.45, 7) is 2.39. The van der Waals surface area contributed by atoms with Crippen LogP contribution in [-0.4, -0.2) is 40.0 Å². The molecular formula is C20H18N2O4S. The van der Waals surface area contributed by atoms with Gasteiger partial charge in [-0.2, -0.15) is 0 Å². The van der Waals surface area contributed by atoms with Gasteiger partial charge in [-0.25, -0.2) is 4.98 Å². The van der Waals surface area contributed by atoms with Gasteiger partial charge in [0.1, 0.15) is 5.69 Å². The highest BCUT2D eigenvalue weighted by molar-refractivity contribution is 7.15. The van der Waals surface area contributed by atoms with Crippen LogP contribution in [0.25, 0.3) is 10.8 Å². The number of carboxylic acids is 1. The number of thiazole rings is 1. The van der Waals surface area contributed by atoms with Crippen LogP contribution in [0.15, 0.2) is 53.1 Å². The zero-order chi connectivity index (χ0) is 19.0. The summed E-state index contributed by atoms with van der Waals surface area (Å²) in [6.07, 6.45) is 1.57. The number of nitrogens with zero attached hydrogens (tertiary/aromatic N) is 2. The van der Waals surface area contributed by atoms with E-state index in [-0.39, 0.29) is 18.4 Å². The second-order valence-corrected chi connectivity index (χ2v) is 7.78. The average Bonchev–Trinajstić information content (AvgIpc) is 3.41. The molecule has 4 rings (SSSR count). The van der Waals surface area contributed by atoms with Crippen LogP contribution in [0, 0.1) is 12.8 Å². The topological polar surface area (TPSA) is 83.6 Å². The molecule has 6 nitrogen and oxygen atoms in total. The maximum Gasteiger partial charge on any atom is 0.308 e. The van der Waals surface area contributed by atoms with Crippen molar-refractivity contribution in [3.63, 3.8) is 0 Å². The largest absolute Gasteiger partial charge is 0.481 e. The first-order valence-corrected chi connectivity index (χ1v) is 9.44. The zero-order valence-corrected chi connectivity index (χ0v) is 15.5. The Labute approximate surface area is 160 Å². The molecule has 2 unspecified atom stereocenters. The molecule has 138 valence electrons. The number of furan rings is 1. The van der Waals surface area contributed by atoms with Crippen molar-refractivity contribution in [2.45, 2.75) is 12.8 Å². The minimum atomic E-state index is -0.884. The smallest absolute Gasteiger partial charge is 0.308 e. The van der Waals surface area contributed by atoms with Crippen molar-refractivity contribution in [3.8, 4) is 10.8 Å². The molecule has 7 heteroatoms. The Kier molecular flexibility index (Phi) is 4.53. The van der Waals surface area contributed by atoms with Crippen molar-refractivity contribution in [1.29, 1.82) is 0 Å². The van der Waals surface area contributed by atoms with Gasteiger partial charge in [-0.1, -0.05) is 30.3 Å². The highest BCUT2D eigenvalue weighted by Crippen LogP contribution is 2.35. The summed E-state index contributed by atoms with van der Waals surface area (Å²) < 4.78 is 5.36. The van der Waals surface area contributed by atoms with Gasteiger partial charge >= 0.3 is 5.97 Å². The first-order chi connectivity index (χ1) is 13.0. The molecule has 2 aromatic heterocycles. The number of likely N-dealkylation sites (tertiary alicyclic amines) is 1. The van der Waals surface area contributed by atoms with E-state index < -0.39 is 11.9 Å². The van der Waals surface area contributed by atoms with E-state index >= 15 is 0 Å². The number of amides is 1. The van der Waals surface area contributed by atoms with E-state index in [1.54, 1.807) is 23.3 Å². The first-order valence-electron chi connectivity index (χ1n) is 8.63. The maximum atomic E-state index is 13.0. The molecule has 0 aliphatic carbocycles. The minimum Gasteiger partial charge on any atom is -0.481 e. The monoisotopic (exact) mass is 382 g/mol. The van der Waals surface area contributed by atoms with Crippen LogP contribution >= 0.6 is 11.3 Å². The highest BCUT2D eigenvalue weighted by atomic mass is 32.1. The fraction of sp³-hybridized carbons (Fsp3) is 0.250. The maximum absolute atomic E-state index is 13.0. The molecule has 1 amide bonds. The van der Waals surface area contributed by atoms with Crippen molar-refractivity contribution in [2.24, 2.45) is 5.92 Å². The van der Waals surface area contributed by atoms with Crippen LogP contribution < -0.4 is 0 Å². The third kappa shape index (κ3) is 3.26. The lowest BCUT2D eigenvalue weighted by atomic mass is 9.89. The number of aromatic nitrogens is 1. The molecule has 1 aromatic carbocycles. The summed E-state index contributed by atoms with van der Waals surface area (Å²) in [5.74, 6) is -1.35. The predicted molar refractivity (Wildman–Crippen MR) is 101 cm³/mol. The van der Waals surface area contributed by atoms with E-state index in [4.69, 9.17) is 4.42 Å². The quantitative estimate of drug-likeness (QED) is 0.745. The number of hydrogen-bond acceptors (Lipinski definition) is 5. The van der Waals surface area contributed by atoms with Crippen molar-refractivity contribution in [3.05, 3.63) is 64.9 Å². The van der Waals surface area contributed by atoms with Crippen molar-refractivity contribution < 1.29 is 19.1 Å². The standard InChI is InChI=1S/C20H18N2O4S/c1-12-17(21-18(27-12)16-8-5-9-26-16)19(23)22-10-14(15(11-22)20(24)25)13-6-3-2-4-7-13/h2-9,14-15H,10-11H2,1H3,(H,24,25). The average molecular weight is 382 g/mol. The second-order valence-electron chi connectivity index (χ2n) is 6.57. The molecular weight excluding hydrogens is 364 g/mol. The Bertz CT molecular complexity index is 965. The molecule has 0 saturated carbocycles. The van der Waals surface area contributed by atoms with Gasteiger partial charge in [0.25, 0.3) is 5.91 Å². The van der Waals surface area contributed by atoms with E-state index in [2.05, 4.69) is 4.98 Å².